The average molecular weight is 401 g/mol. The summed E-state index contributed by atoms with van der Waals surface area (Å²) >= 11 is 0. The van der Waals surface area contributed by atoms with Crippen LogP contribution in [0.4, 0.5) is 0 Å². The molecule has 2 atom stereocenters. The number of rotatable bonds is 6. The Morgan fingerprint density at radius 1 is 1.14 bits per heavy atom. The number of piperidine rings is 1. The number of amides is 1. The van der Waals surface area contributed by atoms with Crippen molar-refractivity contribution in [2.75, 3.05) is 6.54 Å². The molecule has 3 rings (SSSR count). The Bertz CT molecular complexity index is 912. The van der Waals surface area contributed by atoms with Crippen molar-refractivity contribution in [3.63, 3.8) is 0 Å². The molecule has 2 aromatic rings. The second kappa shape index (κ2) is 8.88. The van der Waals surface area contributed by atoms with Crippen LogP contribution in [0.3, 0.4) is 0 Å². The fourth-order valence-corrected chi connectivity index (χ4v) is 5.04. The maximum atomic E-state index is 13.0. The largest absolute Gasteiger partial charge is 0.336 e. The van der Waals surface area contributed by atoms with Gasteiger partial charge in [0.15, 0.2) is 0 Å². The molecule has 0 aromatic heterocycles. The van der Waals surface area contributed by atoms with E-state index in [1.54, 1.807) is 12.1 Å². The van der Waals surface area contributed by atoms with Crippen LogP contribution in [0.25, 0.3) is 0 Å². The van der Waals surface area contributed by atoms with Crippen molar-refractivity contribution < 1.29 is 13.2 Å². The molecule has 1 aliphatic rings. The van der Waals surface area contributed by atoms with Crippen LogP contribution in [0.5, 0.6) is 0 Å². The molecule has 2 aromatic carbocycles. The van der Waals surface area contributed by atoms with E-state index in [9.17, 15) is 13.2 Å². The van der Waals surface area contributed by atoms with Crippen molar-refractivity contribution >= 4 is 15.9 Å². The van der Waals surface area contributed by atoms with Gasteiger partial charge < -0.3 is 4.90 Å². The predicted molar refractivity (Wildman–Crippen MR) is 111 cm³/mol. The van der Waals surface area contributed by atoms with Crippen LogP contribution in [0.15, 0.2) is 59.5 Å². The molecule has 0 bridgehead atoms. The number of hydrogen-bond acceptors (Lipinski definition) is 3. The molecule has 28 heavy (non-hydrogen) atoms. The molecule has 1 fully saturated rings. The Kier molecular flexibility index (Phi) is 6.52. The summed E-state index contributed by atoms with van der Waals surface area (Å²) in [5.41, 5.74) is 1.31. The molecule has 0 spiro atoms. The van der Waals surface area contributed by atoms with Crippen molar-refractivity contribution in [3.8, 4) is 0 Å². The van der Waals surface area contributed by atoms with Gasteiger partial charge in [-0.15, -0.1) is 0 Å². The molecule has 1 heterocycles. The number of sulfonamides is 1. The maximum Gasteiger partial charge on any atom is 0.254 e. The average Bonchev–Trinajstić information content (AvgIpc) is 2.73. The molecule has 150 valence electrons. The Morgan fingerprint density at radius 2 is 1.89 bits per heavy atom. The minimum Gasteiger partial charge on any atom is -0.336 e. The first kappa shape index (κ1) is 20.6. The van der Waals surface area contributed by atoms with E-state index in [0.717, 1.165) is 37.8 Å². The zero-order valence-corrected chi connectivity index (χ0v) is 17.3. The number of nitrogens with zero attached hydrogens (tertiary/aromatic N) is 1. The zero-order chi connectivity index (χ0) is 20.1. The lowest BCUT2D eigenvalue weighted by molar-refractivity contribution is 0.0608. The van der Waals surface area contributed by atoms with E-state index in [1.807, 2.05) is 42.2 Å². The third-order valence-corrected chi connectivity index (χ3v) is 6.92. The summed E-state index contributed by atoms with van der Waals surface area (Å²) in [5, 5.41) is 0. The third-order valence-electron chi connectivity index (χ3n) is 5.38. The third kappa shape index (κ3) is 4.62. The summed E-state index contributed by atoms with van der Waals surface area (Å²) in [6.45, 7) is 4.63. The van der Waals surface area contributed by atoms with Gasteiger partial charge in [-0.05, 0) is 56.4 Å². The van der Waals surface area contributed by atoms with Gasteiger partial charge in [-0.1, -0.05) is 43.3 Å². The summed E-state index contributed by atoms with van der Waals surface area (Å²) < 4.78 is 28.4. The number of likely N-dealkylation sites (tertiary alicyclic amines) is 1. The van der Waals surface area contributed by atoms with Gasteiger partial charge in [-0.2, -0.15) is 0 Å². The fourth-order valence-electron chi connectivity index (χ4n) is 3.77. The van der Waals surface area contributed by atoms with Crippen molar-refractivity contribution in [2.24, 2.45) is 0 Å². The monoisotopic (exact) mass is 400 g/mol. The number of nitrogens with one attached hydrogen (secondary N) is 1. The lowest BCUT2D eigenvalue weighted by Crippen LogP contribution is -2.43. The first-order valence-corrected chi connectivity index (χ1v) is 11.4. The van der Waals surface area contributed by atoms with Crippen LogP contribution >= 0.6 is 0 Å². The lowest BCUT2D eigenvalue weighted by Gasteiger charge is -2.35. The molecule has 1 N–H and O–H groups in total. The van der Waals surface area contributed by atoms with Gasteiger partial charge >= 0.3 is 0 Å². The zero-order valence-electron chi connectivity index (χ0n) is 16.5. The van der Waals surface area contributed by atoms with Crippen molar-refractivity contribution in [3.05, 3.63) is 65.7 Å². The molecule has 0 aliphatic carbocycles. The molecule has 0 saturated carbocycles. The Labute approximate surface area is 167 Å². The molecule has 1 aliphatic heterocycles. The highest BCUT2D eigenvalue weighted by Gasteiger charge is 2.27. The summed E-state index contributed by atoms with van der Waals surface area (Å²) in [4.78, 5) is 15.0. The number of carbonyl (C=O) groups excluding carboxylic acids is 1. The van der Waals surface area contributed by atoms with Crippen molar-refractivity contribution in [1.82, 2.24) is 9.62 Å². The van der Waals surface area contributed by atoms with Gasteiger partial charge in [0.05, 0.1) is 4.90 Å². The van der Waals surface area contributed by atoms with Crippen LogP contribution in [0.1, 0.15) is 61.5 Å². The molecular weight excluding hydrogens is 372 g/mol. The molecule has 0 radical (unpaired) electrons. The second-order valence-corrected chi connectivity index (χ2v) is 9.05. The number of hydrogen-bond donors (Lipinski definition) is 1. The van der Waals surface area contributed by atoms with E-state index >= 15 is 0 Å². The molecule has 2 unspecified atom stereocenters. The molecule has 1 saturated heterocycles. The summed E-state index contributed by atoms with van der Waals surface area (Å²) in [7, 11) is -3.73. The summed E-state index contributed by atoms with van der Waals surface area (Å²) in [6, 6.07) is 15.6. The lowest BCUT2D eigenvalue weighted by atomic mass is 9.99. The first-order chi connectivity index (χ1) is 13.4. The first-order valence-electron chi connectivity index (χ1n) is 9.90. The van der Waals surface area contributed by atoms with Crippen LogP contribution in [0.2, 0.25) is 0 Å². The molecule has 1 amide bonds. The SMILES string of the molecule is CCC1CCCCN1C(=O)c1cccc(S(=O)(=O)NC(C)c2ccccc2)c1. The van der Waals surface area contributed by atoms with Crippen molar-refractivity contribution in [1.29, 1.82) is 0 Å². The van der Waals surface area contributed by atoms with Crippen LogP contribution in [0, 0.1) is 0 Å². The highest BCUT2D eigenvalue weighted by atomic mass is 32.2. The highest BCUT2D eigenvalue weighted by Crippen LogP contribution is 2.23. The van der Waals surface area contributed by atoms with Crippen LogP contribution < -0.4 is 4.72 Å². The topological polar surface area (TPSA) is 66.5 Å². The van der Waals surface area contributed by atoms with E-state index in [2.05, 4.69) is 11.6 Å². The van der Waals surface area contributed by atoms with E-state index in [0.29, 0.717) is 5.56 Å². The van der Waals surface area contributed by atoms with Crippen LogP contribution in [-0.4, -0.2) is 31.8 Å². The number of carbonyl (C=O) groups is 1. The Hall–Kier alpha value is -2.18. The normalized spacial score (nSPS) is 18.6. The molecular formula is C22H28N2O3S. The second-order valence-electron chi connectivity index (χ2n) is 7.34. The molecule has 6 heteroatoms. The summed E-state index contributed by atoms with van der Waals surface area (Å²) in [5.74, 6) is -0.0836. The van der Waals surface area contributed by atoms with Crippen molar-refractivity contribution in [2.45, 2.75) is 56.5 Å². The Balaban J connectivity index is 1.81. The van der Waals surface area contributed by atoms with E-state index in [4.69, 9.17) is 0 Å². The quantitative estimate of drug-likeness (QED) is 0.793. The van der Waals surface area contributed by atoms with Gasteiger partial charge in [0.2, 0.25) is 10.0 Å². The fraction of sp³-hybridized carbons (Fsp3) is 0.409. The summed E-state index contributed by atoms with van der Waals surface area (Å²) in [6.07, 6.45) is 4.06. The molecule has 5 nitrogen and oxygen atoms in total. The van der Waals surface area contributed by atoms with Gasteiger partial charge in [-0.25, -0.2) is 13.1 Å². The van der Waals surface area contributed by atoms with E-state index < -0.39 is 10.0 Å². The van der Waals surface area contributed by atoms with E-state index in [-0.39, 0.29) is 22.9 Å². The standard InChI is InChI=1S/C22H28N2O3S/c1-3-20-13-7-8-15-24(20)22(25)19-12-9-14-21(16-19)28(26,27)23-17(2)18-10-5-4-6-11-18/h4-6,9-12,14,16-17,20,23H,3,7-8,13,15H2,1-2H3. The highest BCUT2D eigenvalue weighted by molar-refractivity contribution is 7.89. The van der Waals surface area contributed by atoms with Gasteiger partial charge in [0.25, 0.3) is 5.91 Å². The van der Waals surface area contributed by atoms with Gasteiger partial charge in [0, 0.05) is 24.2 Å². The minimum atomic E-state index is -3.73. The number of benzene rings is 2. The maximum absolute atomic E-state index is 13.0. The van der Waals surface area contributed by atoms with E-state index in [1.165, 1.54) is 12.1 Å². The van der Waals surface area contributed by atoms with Gasteiger partial charge in [-0.3, -0.25) is 4.79 Å². The minimum absolute atomic E-state index is 0.0836. The Morgan fingerprint density at radius 3 is 2.61 bits per heavy atom. The van der Waals surface area contributed by atoms with Gasteiger partial charge in [0.1, 0.15) is 0 Å². The predicted octanol–water partition coefficient (Wildman–Crippen LogP) is 4.13. The smallest absolute Gasteiger partial charge is 0.254 e. The van der Waals surface area contributed by atoms with Crippen LogP contribution in [-0.2, 0) is 10.0 Å².